The average Bonchev–Trinajstić information content (AvgIpc) is 2.96. The van der Waals surface area contributed by atoms with Crippen LogP contribution in [0.4, 0.5) is 0 Å². The predicted octanol–water partition coefficient (Wildman–Crippen LogP) is 2.95. The summed E-state index contributed by atoms with van der Waals surface area (Å²) in [5.41, 5.74) is 2.39. The van der Waals surface area contributed by atoms with Crippen molar-refractivity contribution in [3.05, 3.63) is 42.5 Å². The van der Waals surface area contributed by atoms with Crippen LogP contribution in [-0.2, 0) is 0 Å². The first-order chi connectivity index (χ1) is 9.79. The minimum absolute atomic E-state index is 0.460. The first kappa shape index (κ1) is 13.1. The standard InChI is InChI=1S/C14H14N4OS/c1-2-10(19)9-5-3-4-6-11(9)20-14-12-13(16-7-15-12)17-8-18-14/h3-8,10,19H,2H2,1H3,(H,15,16,17,18)/t10-/m1/s1. The zero-order chi connectivity index (χ0) is 13.9. The van der Waals surface area contributed by atoms with Gasteiger partial charge < -0.3 is 10.1 Å². The van der Waals surface area contributed by atoms with Gasteiger partial charge in [-0.3, -0.25) is 0 Å². The molecule has 0 aliphatic rings. The average molecular weight is 286 g/mol. The van der Waals surface area contributed by atoms with E-state index < -0.39 is 6.10 Å². The normalized spacial score (nSPS) is 12.7. The van der Waals surface area contributed by atoms with Crippen LogP contribution < -0.4 is 0 Å². The molecule has 2 N–H and O–H groups in total. The van der Waals surface area contributed by atoms with Crippen LogP contribution in [0.2, 0.25) is 0 Å². The number of imidazole rings is 1. The van der Waals surface area contributed by atoms with E-state index in [1.807, 2.05) is 31.2 Å². The Balaban J connectivity index is 2.01. The highest BCUT2D eigenvalue weighted by Gasteiger charge is 2.14. The molecule has 0 bridgehead atoms. The van der Waals surface area contributed by atoms with Crippen molar-refractivity contribution >= 4 is 22.9 Å². The number of aromatic amines is 1. The van der Waals surface area contributed by atoms with Gasteiger partial charge in [0.1, 0.15) is 16.9 Å². The number of nitrogens with zero attached hydrogens (tertiary/aromatic N) is 3. The number of hydrogen-bond donors (Lipinski definition) is 2. The molecule has 0 saturated carbocycles. The van der Waals surface area contributed by atoms with Crippen LogP contribution in [0.3, 0.4) is 0 Å². The van der Waals surface area contributed by atoms with Crippen molar-refractivity contribution in [3.63, 3.8) is 0 Å². The number of benzene rings is 1. The van der Waals surface area contributed by atoms with Crippen molar-refractivity contribution in [2.75, 3.05) is 0 Å². The smallest absolute Gasteiger partial charge is 0.181 e. The molecule has 2 aromatic heterocycles. The van der Waals surface area contributed by atoms with Gasteiger partial charge in [0.25, 0.3) is 0 Å². The first-order valence-electron chi connectivity index (χ1n) is 6.38. The minimum Gasteiger partial charge on any atom is -0.388 e. The maximum atomic E-state index is 10.1. The summed E-state index contributed by atoms with van der Waals surface area (Å²) in [7, 11) is 0. The SMILES string of the molecule is CC[C@@H](O)c1ccccc1Sc1ncnc2nc[nH]c12. The molecule has 0 spiro atoms. The number of nitrogens with one attached hydrogen (secondary N) is 1. The van der Waals surface area contributed by atoms with Gasteiger partial charge in [0, 0.05) is 4.90 Å². The van der Waals surface area contributed by atoms with Gasteiger partial charge in [0.2, 0.25) is 0 Å². The Morgan fingerprint density at radius 3 is 2.95 bits per heavy atom. The second-order valence-electron chi connectivity index (χ2n) is 4.34. The summed E-state index contributed by atoms with van der Waals surface area (Å²) in [5, 5.41) is 10.9. The maximum Gasteiger partial charge on any atom is 0.181 e. The molecule has 6 heteroatoms. The molecule has 2 heterocycles. The number of hydrogen-bond acceptors (Lipinski definition) is 5. The number of rotatable bonds is 4. The lowest BCUT2D eigenvalue weighted by molar-refractivity contribution is 0.171. The third kappa shape index (κ3) is 2.39. The van der Waals surface area contributed by atoms with Crippen LogP contribution in [0.15, 0.2) is 46.8 Å². The van der Waals surface area contributed by atoms with Gasteiger partial charge in [0.15, 0.2) is 5.65 Å². The zero-order valence-electron chi connectivity index (χ0n) is 10.9. The Morgan fingerprint density at radius 1 is 1.25 bits per heavy atom. The third-order valence-electron chi connectivity index (χ3n) is 3.06. The van der Waals surface area contributed by atoms with E-state index in [4.69, 9.17) is 0 Å². The zero-order valence-corrected chi connectivity index (χ0v) is 11.8. The van der Waals surface area contributed by atoms with E-state index in [-0.39, 0.29) is 0 Å². The first-order valence-corrected chi connectivity index (χ1v) is 7.20. The van der Waals surface area contributed by atoms with Gasteiger partial charge in [-0.1, -0.05) is 36.9 Å². The van der Waals surface area contributed by atoms with Crippen LogP contribution in [0, 0.1) is 0 Å². The molecule has 3 rings (SSSR count). The predicted molar refractivity (Wildman–Crippen MR) is 77.5 cm³/mol. The molecule has 0 aliphatic heterocycles. The number of fused-ring (bicyclic) bond motifs is 1. The Bertz CT molecular complexity index is 728. The van der Waals surface area contributed by atoms with E-state index in [1.165, 1.54) is 18.1 Å². The van der Waals surface area contributed by atoms with E-state index in [0.29, 0.717) is 12.1 Å². The molecule has 1 aromatic carbocycles. The second kappa shape index (κ2) is 5.60. The van der Waals surface area contributed by atoms with Crippen molar-refractivity contribution in [2.24, 2.45) is 0 Å². The largest absolute Gasteiger partial charge is 0.388 e. The number of aliphatic hydroxyl groups excluding tert-OH is 1. The summed E-state index contributed by atoms with van der Waals surface area (Å²) in [6, 6.07) is 7.83. The van der Waals surface area contributed by atoms with E-state index in [9.17, 15) is 5.11 Å². The number of aromatic nitrogens is 4. The van der Waals surface area contributed by atoms with E-state index in [2.05, 4.69) is 19.9 Å². The summed E-state index contributed by atoms with van der Waals surface area (Å²) in [6.07, 6.45) is 3.33. The Morgan fingerprint density at radius 2 is 2.10 bits per heavy atom. The molecule has 0 fully saturated rings. The lowest BCUT2D eigenvalue weighted by Gasteiger charge is -2.13. The summed E-state index contributed by atoms with van der Waals surface area (Å²) in [4.78, 5) is 16.6. The molecular weight excluding hydrogens is 272 g/mol. The number of H-pyrrole nitrogens is 1. The molecular formula is C14H14N4OS. The highest BCUT2D eigenvalue weighted by Crippen LogP contribution is 2.35. The molecule has 102 valence electrons. The monoisotopic (exact) mass is 286 g/mol. The summed E-state index contributed by atoms with van der Waals surface area (Å²) in [6.45, 7) is 1.96. The molecule has 0 aliphatic carbocycles. The Hall–Kier alpha value is -1.92. The summed E-state index contributed by atoms with van der Waals surface area (Å²) in [5.74, 6) is 0. The Kier molecular flexibility index (Phi) is 3.66. The quantitative estimate of drug-likeness (QED) is 0.721. The maximum absolute atomic E-state index is 10.1. The van der Waals surface area contributed by atoms with Crippen molar-refractivity contribution < 1.29 is 5.11 Å². The fourth-order valence-corrected chi connectivity index (χ4v) is 3.02. The van der Waals surface area contributed by atoms with Crippen LogP contribution in [0.1, 0.15) is 25.0 Å². The van der Waals surface area contributed by atoms with Gasteiger partial charge in [-0.25, -0.2) is 15.0 Å². The van der Waals surface area contributed by atoms with Crippen LogP contribution in [0.25, 0.3) is 11.2 Å². The molecule has 20 heavy (non-hydrogen) atoms. The summed E-state index contributed by atoms with van der Waals surface area (Å²) < 4.78 is 0. The van der Waals surface area contributed by atoms with E-state index >= 15 is 0 Å². The van der Waals surface area contributed by atoms with Gasteiger partial charge in [-0.15, -0.1) is 0 Å². The van der Waals surface area contributed by atoms with Gasteiger partial charge in [-0.2, -0.15) is 0 Å². The van der Waals surface area contributed by atoms with E-state index in [0.717, 1.165) is 21.0 Å². The van der Waals surface area contributed by atoms with Crippen molar-refractivity contribution in [1.82, 2.24) is 19.9 Å². The van der Waals surface area contributed by atoms with Gasteiger partial charge >= 0.3 is 0 Å². The molecule has 0 saturated heterocycles. The molecule has 5 nitrogen and oxygen atoms in total. The van der Waals surface area contributed by atoms with Crippen LogP contribution >= 0.6 is 11.8 Å². The van der Waals surface area contributed by atoms with Gasteiger partial charge in [-0.05, 0) is 18.1 Å². The second-order valence-corrected chi connectivity index (χ2v) is 5.37. The van der Waals surface area contributed by atoms with Crippen LogP contribution in [-0.4, -0.2) is 25.0 Å². The molecule has 3 aromatic rings. The molecule has 0 radical (unpaired) electrons. The molecule has 0 amide bonds. The molecule has 0 unspecified atom stereocenters. The van der Waals surface area contributed by atoms with Crippen LogP contribution in [0.5, 0.6) is 0 Å². The molecule has 1 atom stereocenters. The van der Waals surface area contributed by atoms with Crippen molar-refractivity contribution in [3.8, 4) is 0 Å². The number of aliphatic hydroxyl groups is 1. The van der Waals surface area contributed by atoms with Gasteiger partial charge in [0.05, 0.1) is 12.4 Å². The summed E-state index contributed by atoms with van der Waals surface area (Å²) >= 11 is 1.51. The Labute approximate surface area is 120 Å². The minimum atomic E-state index is -0.460. The fraction of sp³-hybridized carbons (Fsp3) is 0.214. The lowest BCUT2D eigenvalue weighted by Crippen LogP contribution is -1.97. The highest BCUT2D eigenvalue weighted by molar-refractivity contribution is 7.99. The highest BCUT2D eigenvalue weighted by atomic mass is 32.2. The van der Waals surface area contributed by atoms with E-state index in [1.54, 1.807) is 6.33 Å². The van der Waals surface area contributed by atoms with Crippen molar-refractivity contribution in [2.45, 2.75) is 29.4 Å². The fourth-order valence-electron chi connectivity index (χ4n) is 1.99. The topological polar surface area (TPSA) is 74.7 Å². The third-order valence-corrected chi connectivity index (χ3v) is 4.15. The van der Waals surface area contributed by atoms with Crippen molar-refractivity contribution in [1.29, 1.82) is 0 Å². The lowest BCUT2D eigenvalue weighted by atomic mass is 10.1.